The Morgan fingerprint density at radius 1 is 0.870 bits per heavy atom. The lowest BCUT2D eigenvalue weighted by atomic mass is 9.98. The number of amides is 1. The van der Waals surface area contributed by atoms with Crippen LogP contribution in [0.3, 0.4) is 0 Å². The van der Waals surface area contributed by atoms with Crippen molar-refractivity contribution in [1.29, 1.82) is 0 Å². The summed E-state index contributed by atoms with van der Waals surface area (Å²) in [5.74, 6) is -9.51. The molecule has 244 valence electrons. The van der Waals surface area contributed by atoms with Crippen molar-refractivity contribution in [2.24, 2.45) is 5.92 Å². The van der Waals surface area contributed by atoms with Crippen LogP contribution in [0.4, 0.5) is 45.2 Å². The summed E-state index contributed by atoms with van der Waals surface area (Å²) in [6, 6.07) is 7.26. The van der Waals surface area contributed by atoms with E-state index in [1.165, 1.54) is 12.1 Å². The Hall–Kier alpha value is -3.55. The minimum absolute atomic E-state index is 0.0510. The lowest BCUT2D eigenvalue weighted by Crippen LogP contribution is -2.17. The third-order valence-corrected chi connectivity index (χ3v) is 8.22. The van der Waals surface area contributed by atoms with E-state index in [-0.39, 0.29) is 34.0 Å². The number of carbonyl (C=O) groups is 3. The van der Waals surface area contributed by atoms with E-state index in [4.69, 9.17) is 34.8 Å². The van der Waals surface area contributed by atoms with Crippen LogP contribution in [-0.2, 0) is 28.6 Å². The fourth-order valence-electron chi connectivity index (χ4n) is 4.69. The first kappa shape index (κ1) is 35.3. The summed E-state index contributed by atoms with van der Waals surface area (Å²) < 4.78 is 118. The molecule has 4 rings (SSSR count). The molecule has 1 aliphatic carbocycles. The predicted molar refractivity (Wildman–Crippen MR) is 150 cm³/mol. The molecule has 3 aromatic carbocycles. The summed E-state index contributed by atoms with van der Waals surface area (Å²) in [4.78, 5) is 37.9. The van der Waals surface area contributed by atoms with Crippen molar-refractivity contribution < 1.29 is 53.9 Å². The quantitative estimate of drug-likeness (QED) is 0.104. The van der Waals surface area contributed by atoms with Gasteiger partial charge in [-0.25, -0.2) is 13.2 Å². The van der Waals surface area contributed by atoms with Crippen molar-refractivity contribution in [2.75, 3.05) is 5.32 Å². The average Bonchev–Trinajstić information content (AvgIpc) is 3.53. The first-order chi connectivity index (χ1) is 21.2. The maximum absolute atomic E-state index is 15.1. The Morgan fingerprint density at radius 3 is 2.15 bits per heavy atom. The van der Waals surface area contributed by atoms with Crippen LogP contribution < -0.4 is 5.32 Å². The first-order valence-corrected chi connectivity index (χ1v) is 14.0. The lowest BCUT2D eigenvalue weighted by molar-refractivity contribution is -0.140. The highest BCUT2D eigenvalue weighted by Gasteiger charge is 2.67. The van der Waals surface area contributed by atoms with E-state index in [0.29, 0.717) is 12.1 Å². The zero-order valence-electron chi connectivity index (χ0n) is 22.6. The number of hydrogen-bond acceptors (Lipinski definition) is 3. The molecule has 1 saturated carbocycles. The van der Waals surface area contributed by atoms with E-state index < -0.39 is 93.0 Å². The molecule has 0 unspecified atom stereocenters. The van der Waals surface area contributed by atoms with Crippen LogP contribution in [0.2, 0.25) is 5.02 Å². The molecule has 0 aromatic heterocycles. The van der Waals surface area contributed by atoms with Crippen LogP contribution in [0.1, 0.15) is 38.5 Å². The number of nitrogens with one attached hydrogen (secondary N) is 1. The summed E-state index contributed by atoms with van der Waals surface area (Å²) in [6.07, 6.45) is -11.9. The Bertz CT molecular complexity index is 1750. The molecule has 46 heavy (non-hydrogen) atoms. The fourth-order valence-corrected chi connectivity index (χ4v) is 5.74. The molecule has 0 bridgehead atoms. The number of carbonyl (C=O) groups excluding carboxylic acids is 3. The lowest BCUT2D eigenvalue weighted by Gasteiger charge is -2.11. The molecule has 0 radical (unpaired) electrons. The minimum atomic E-state index is -5.02. The topological polar surface area (TPSA) is 63.2 Å². The largest absolute Gasteiger partial charge is 0.419 e. The smallest absolute Gasteiger partial charge is 0.326 e. The predicted octanol–water partition coefficient (Wildman–Crippen LogP) is 8.96. The van der Waals surface area contributed by atoms with Crippen molar-refractivity contribution in [3.63, 3.8) is 0 Å². The van der Waals surface area contributed by atoms with E-state index in [0.717, 1.165) is 24.3 Å². The third-order valence-electron chi connectivity index (χ3n) is 6.95. The minimum Gasteiger partial charge on any atom is -0.326 e. The van der Waals surface area contributed by atoms with E-state index in [2.05, 4.69) is 5.32 Å². The molecule has 1 amide bonds. The fraction of sp³-hybridized carbons (Fsp3) is 0.233. The van der Waals surface area contributed by atoms with E-state index >= 15 is 4.39 Å². The van der Waals surface area contributed by atoms with Gasteiger partial charge in [0.1, 0.15) is 21.8 Å². The molecule has 0 saturated heterocycles. The van der Waals surface area contributed by atoms with Gasteiger partial charge in [0.05, 0.1) is 16.5 Å². The van der Waals surface area contributed by atoms with Crippen molar-refractivity contribution in [3.05, 3.63) is 111 Å². The molecule has 3 aromatic rings. The molecule has 0 aliphatic heterocycles. The maximum atomic E-state index is 15.1. The molecule has 16 heteroatoms. The number of alkyl halides is 8. The maximum Gasteiger partial charge on any atom is 0.419 e. The number of benzene rings is 3. The monoisotopic (exact) mass is 715 g/mol. The Balaban J connectivity index is 1.51. The molecule has 2 atom stereocenters. The zero-order chi connectivity index (χ0) is 34.4. The highest BCUT2D eigenvalue weighted by atomic mass is 35.5. The summed E-state index contributed by atoms with van der Waals surface area (Å²) in [6.45, 7) is 0. The van der Waals surface area contributed by atoms with Gasteiger partial charge in [0.25, 0.3) is 0 Å². The first-order valence-electron chi connectivity index (χ1n) is 12.8. The normalized spacial score (nSPS) is 17.7. The van der Waals surface area contributed by atoms with E-state index in [1.807, 2.05) is 0 Å². The van der Waals surface area contributed by atoms with Gasteiger partial charge < -0.3 is 5.32 Å². The number of hydrogen-bond donors (Lipinski definition) is 1. The third kappa shape index (κ3) is 7.87. The zero-order valence-corrected chi connectivity index (χ0v) is 24.9. The van der Waals surface area contributed by atoms with Crippen molar-refractivity contribution in [3.8, 4) is 0 Å². The molecule has 4 nitrogen and oxygen atoms in total. The van der Waals surface area contributed by atoms with Crippen LogP contribution in [0, 0.1) is 23.4 Å². The van der Waals surface area contributed by atoms with Gasteiger partial charge in [-0.05, 0) is 53.6 Å². The number of ketones is 2. The SMILES string of the molecule is O=C(/C=C/C(F)(F)F)Cc1c(F)ccc(CC(=O)c2cc(NC(=O)[C@H]3[C@H](c4ccc(F)c(C(F)(F)F)c4)C3(Cl)Cl)ccc2Cl)c1F. The average molecular weight is 717 g/mol. The molecule has 1 fully saturated rings. The van der Waals surface area contributed by atoms with Gasteiger partial charge in [-0.1, -0.05) is 23.7 Å². The second-order valence-electron chi connectivity index (χ2n) is 10.2. The number of anilines is 1. The van der Waals surface area contributed by atoms with Crippen LogP contribution in [0.25, 0.3) is 0 Å². The summed E-state index contributed by atoms with van der Waals surface area (Å²) >= 11 is 18.5. The molecule has 1 N–H and O–H groups in total. The van der Waals surface area contributed by atoms with Gasteiger partial charge in [-0.15, -0.1) is 23.2 Å². The highest BCUT2D eigenvalue weighted by molar-refractivity contribution is 6.53. The standard InChI is InChI=1S/C30H17Cl3F9NO3/c31-20-4-3-15(43-27(46)25-24(29(25,32)33)13-1-6-22(35)19(9-13)30(40,41)42)11-17(20)23(45)10-14-2-5-21(34)18(26(14)36)12-16(44)7-8-28(37,38)39/h1-9,11,24-25H,10,12H2,(H,43,46)/b8-7+/t24-,25+/m0/s1. The summed E-state index contributed by atoms with van der Waals surface area (Å²) in [5.41, 5.74) is -3.29. The van der Waals surface area contributed by atoms with Crippen LogP contribution in [0.5, 0.6) is 0 Å². The highest BCUT2D eigenvalue weighted by Crippen LogP contribution is 2.65. The number of allylic oxidation sites excluding steroid dienone is 2. The molecule has 0 heterocycles. The van der Waals surface area contributed by atoms with Gasteiger partial charge in [-0.2, -0.15) is 26.3 Å². The van der Waals surface area contributed by atoms with Gasteiger partial charge in [-0.3, -0.25) is 14.4 Å². The van der Waals surface area contributed by atoms with Gasteiger partial charge >= 0.3 is 12.4 Å². The van der Waals surface area contributed by atoms with Gasteiger partial charge in [0.15, 0.2) is 11.6 Å². The van der Waals surface area contributed by atoms with E-state index in [9.17, 15) is 49.5 Å². The van der Waals surface area contributed by atoms with Crippen molar-refractivity contribution in [1.82, 2.24) is 0 Å². The number of Topliss-reactive ketones (excluding diaryl/α,β-unsaturated/α-hetero) is 1. The van der Waals surface area contributed by atoms with Crippen LogP contribution >= 0.6 is 34.8 Å². The van der Waals surface area contributed by atoms with Gasteiger partial charge in [0, 0.05) is 41.6 Å². The molecular formula is C30H17Cl3F9NO3. The second kappa shape index (κ2) is 12.9. The number of halogens is 12. The Morgan fingerprint density at radius 2 is 1.52 bits per heavy atom. The Kier molecular flexibility index (Phi) is 9.92. The number of rotatable bonds is 9. The van der Waals surface area contributed by atoms with Gasteiger partial charge in [0.2, 0.25) is 5.91 Å². The molecular weight excluding hydrogens is 700 g/mol. The van der Waals surface area contributed by atoms with E-state index in [1.54, 1.807) is 0 Å². The molecule has 0 spiro atoms. The summed E-state index contributed by atoms with van der Waals surface area (Å²) in [5, 5.41) is 2.26. The van der Waals surface area contributed by atoms with Crippen molar-refractivity contribution >= 4 is 58.0 Å². The second-order valence-corrected chi connectivity index (χ2v) is 12.0. The van der Waals surface area contributed by atoms with Crippen LogP contribution in [0.15, 0.2) is 60.7 Å². The van der Waals surface area contributed by atoms with Crippen LogP contribution in [-0.4, -0.2) is 28.0 Å². The summed E-state index contributed by atoms with van der Waals surface area (Å²) in [7, 11) is 0. The molecule has 1 aliphatic rings. The van der Waals surface area contributed by atoms with Crippen molar-refractivity contribution in [2.45, 2.75) is 35.4 Å². The Labute approximate surface area is 269 Å².